The molecule has 0 bridgehead atoms. The summed E-state index contributed by atoms with van der Waals surface area (Å²) in [7, 11) is 0. The number of likely N-dealkylation sites (tertiary alicyclic amines) is 1. The fourth-order valence-corrected chi connectivity index (χ4v) is 3.35. The maximum Gasteiger partial charge on any atom is 0.254 e. The first-order valence-corrected chi connectivity index (χ1v) is 8.85. The second kappa shape index (κ2) is 10.0. The molecule has 1 fully saturated rings. The van der Waals surface area contributed by atoms with Crippen molar-refractivity contribution in [1.82, 2.24) is 10.2 Å². The summed E-state index contributed by atoms with van der Waals surface area (Å²) >= 11 is 3.41. The van der Waals surface area contributed by atoms with Crippen LogP contribution in [-0.4, -0.2) is 42.9 Å². The lowest BCUT2D eigenvalue weighted by atomic mass is 9.96. The van der Waals surface area contributed by atoms with Crippen molar-refractivity contribution in [3.63, 3.8) is 0 Å². The summed E-state index contributed by atoms with van der Waals surface area (Å²) in [4.78, 5) is 26.7. The zero-order valence-electron chi connectivity index (χ0n) is 13.9. The summed E-state index contributed by atoms with van der Waals surface area (Å²) in [6.07, 6.45) is 2.47. The van der Waals surface area contributed by atoms with Crippen LogP contribution in [0.1, 0.15) is 35.2 Å². The molecule has 0 saturated carbocycles. The van der Waals surface area contributed by atoms with E-state index in [1.54, 1.807) is 4.90 Å². The molecule has 0 spiro atoms. The first-order valence-electron chi connectivity index (χ1n) is 8.06. The molecular formula is C17H25BrClN3O2. The van der Waals surface area contributed by atoms with E-state index in [0.717, 1.165) is 29.3 Å². The first-order chi connectivity index (χ1) is 11.0. The smallest absolute Gasteiger partial charge is 0.254 e. The molecule has 1 atom stereocenters. The van der Waals surface area contributed by atoms with E-state index < -0.39 is 0 Å². The number of hydrogen-bond donors (Lipinski definition) is 2. The van der Waals surface area contributed by atoms with Gasteiger partial charge in [-0.05, 0) is 56.5 Å². The Morgan fingerprint density at radius 3 is 2.83 bits per heavy atom. The average molecular weight is 419 g/mol. The van der Waals surface area contributed by atoms with Gasteiger partial charge in [0.25, 0.3) is 5.91 Å². The van der Waals surface area contributed by atoms with Gasteiger partial charge in [-0.1, -0.05) is 15.9 Å². The summed E-state index contributed by atoms with van der Waals surface area (Å²) in [5.74, 6) is -0.0841. The Labute approximate surface area is 157 Å². The summed E-state index contributed by atoms with van der Waals surface area (Å²) in [5.41, 5.74) is 7.09. The molecule has 1 aromatic rings. The molecule has 1 unspecified atom stereocenters. The third-order valence-corrected chi connectivity index (χ3v) is 4.67. The Morgan fingerprint density at radius 1 is 1.42 bits per heavy atom. The number of amides is 2. The molecule has 7 heteroatoms. The maximum absolute atomic E-state index is 12.7. The lowest BCUT2D eigenvalue weighted by Crippen LogP contribution is -2.45. The van der Waals surface area contributed by atoms with Gasteiger partial charge in [0.15, 0.2) is 0 Å². The minimum atomic E-state index is -0.124. The van der Waals surface area contributed by atoms with Gasteiger partial charge in [-0.3, -0.25) is 9.59 Å². The minimum Gasteiger partial charge on any atom is -0.356 e. The van der Waals surface area contributed by atoms with Crippen molar-refractivity contribution in [2.75, 3.05) is 26.2 Å². The van der Waals surface area contributed by atoms with Gasteiger partial charge in [0.2, 0.25) is 5.91 Å². The summed E-state index contributed by atoms with van der Waals surface area (Å²) in [5, 5.41) is 2.91. The molecule has 134 valence electrons. The number of rotatable bonds is 5. The van der Waals surface area contributed by atoms with E-state index in [1.807, 2.05) is 25.1 Å². The maximum atomic E-state index is 12.7. The van der Waals surface area contributed by atoms with Crippen molar-refractivity contribution in [1.29, 1.82) is 0 Å². The SMILES string of the molecule is Cc1cc(Br)ccc1C(=O)N1CCCC(C(=O)NCCCN)C1.Cl. The van der Waals surface area contributed by atoms with Crippen LogP contribution in [0.25, 0.3) is 0 Å². The molecule has 1 aliphatic rings. The van der Waals surface area contributed by atoms with Crippen molar-refractivity contribution in [3.05, 3.63) is 33.8 Å². The third-order valence-electron chi connectivity index (χ3n) is 4.18. The van der Waals surface area contributed by atoms with Crippen LogP contribution in [0, 0.1) is 12.8 Å². The van der Waals surface area contributed by atoms with Crippen LogP contribution < -0.4 is 11.1 Å². The predicted octanol–water partition coefficient (Wildman–Crippen LogP) is 2.50. The van der Waals surface area contributed by atoms with Crippen molar-refractivity contribution in [3.8, 4) is 0 Å². The number of carbonyl (C=O) groups is 2. The zero-order chi connectivity index (χ0) is 16.8. The Bertz CT molecular complexity index is 583. The van der Waals surface area contributed by atoms with Gasteiger partial charge < -0.3 is 16.0 Å². The van der Waals surface area contributed by atoms with E-state index in [0.29, 0.717) is 31.7 Å². The summed E-state index contributed by atoms with van der Waals surface area (Å²) in [6.45, 7) is 4.30. The zero-order valence-corrected chi connectivity index (χ0v) is 16.3. The predicted molar refractivity (Wildman–Crippen MR) is 101 cm³/mol. The normalized spacial score (nSPS) is 17.1. The quantitative estimate of drug-likeness (QED) is 0.721. The molecule has 3 N–H and O–H groups in total. The van der Waals surface area contributed by atoms with Crippen LogP contribution in [0.4, 0.5) is 0 Å². The highest BCUT2D eigenvalue weighted by molar-refractivity contribution is 9.10. The number of carbonyl (C=O) groups excluding carboxylic acids is 2. The highest BCUT2D eigenvalue weighted by Crippen LogP contribution is 2.22. The van der Waals surface area contributed by atoms with Crippen LogP contribution in [0.15, 0.2) is 22.7 Å². The number of benzene rings is 1. The molecule has 1 heterocycles. The van der Waals surface area contributed by atoms with Gasteiger partial charge in [0.1, 0.15) is 0 Å². The first kappa shape index (κ1) is 20.9. The number of nitrogens with one attached hydrogen (secondary N) is 1. The van der Waals surface area contributed by atoms with E-state index in [2.05, 4.69) is 21.2 Å². The van der Waals surface area contributed by atoms with Gasteiger partial charge in [0, 0.05) is 29.7 Å². The van der Waals surface area contributed by atoms with Crippen molar-refractivity contribution >= 4 is 40.2 Å². The van der Waals surface area contributed by atoms with E-state index in [1.165, 1.54) is 0 Å². The Hall–Kier alpha value is -1.11. The van der Waals surface area contributed by atoms with Gasteiger partial charge in [-0.15, -0.1) is 12.4 Å². The fraction of sp³-hybridized carbons (Fsp3) is 0.529. The van der Waals surface area contributed by atoms with Crippen LogP contribution in [0.3, 0.4) is 0 Å². The monoisotopic (exact) mass is 417 g/mol. The molecule has 1 aromatic carbocycles. The highest BCUT2D eigenvalue weighted by Gasteiger charge is 2.29. The lowest BCUT2D eigenvalue weighted by molar-refractivity contribution is -0.126. The molecule has 2 amide bonds. The van der Waals surface area contributed by atoms with Crippen LogP contribution >= 0.6 is 28.3 Å². The molecule has 5 nitrogen and oxygen atoms in total. The molecule has 0 aliphatic carbocycles. The molecule has 1 saturated heterocycles. The van der Waals surface area contributed by atoms with Gasteiger partial charge in [-0.2, -0.15) is 0 Å². The Balaban J connectivity index is 0.00000288. The standard InChI is InChI=1S/C17H24BrN3O2.ClH/c1-12-10-14(18)5-6-15(12)17(23)21-9-2-4-13(11-21)16(22)20-8-3-7-19;/h5-6,10,13H,2-4,7-9,11,19H2,1H3,(H,20,22);1H. The molecular weight excluding hydrogens is 394 g/mol. The van der Waals surface area contributed by atoms with Gasteiger partial charge in [-0.25, -0.2) is 0 Å². The fourth-order valence-electron chi connectivity index (χ4n) is 2.87. The summed E-state index contributed by atoms with van der Waals surface area (Å²) in [6, 6.07) is 5.65. The van der Waals surface area contributed by atoms with E-state index in [-0.39, 0.29) is 30.1 Å². The van der Waals surface area contributed by atoms with Gasteiger partial charge >= 0.3 is 0 Å². The van der Waals surface area contributed by atoms with E-state index >= 15 is 0 Å². The second-order valence-corrected chi connectivity index (χ2v) is 6.90. The molecule has 24 heavy (non-hydrogen) atoms. The topological polar surface area (TPSA) is 75.4 Å². The largest absolute Gasteiger partial charge is 0.356 e. The summed E-state index contributed by atoms with van der Waals surface area (Å²) < 4.78 is 0.961. The van der Waals surface area contributed by atoms with Gasteiger partial charge in [0.05, 0.1) is 5.92 Å². The van der Waals surface area contributed by atoms with Crippen molar-refractivity contribution in [2.24, 2.45) is 11.7 Å². The third kappa shape index (κ3) is 5.46. The lowest BCUT2D eigenvalue weighted by Gasteiger charge is -2.32. The molecule has 1 aliphatic heterocycles. The van der Waals surface area contributed by atoms with Crippen molar-refractivity contribution < 1.29 is 9.59 Å². The Morgan fingerprint density at radius 2 is 2.17 bits per heavy atom. The molecule has 2 rings (SSSR count). The minimum absolute atomic E-state index is 0. The molecule has 0 aromatic heterocycles. The average Bonchev–Trinajstić information content (AvgIpc) is 2.54. The van der Waals surface area contributed by atoms with Crippen LogP contribution in [0.5, 0.6) is 0 Å². The number of hydrogen-bond acceptors (Lipinski definition) is 3. The van der Waals surface area contributed by atoms with Crippen molar-refractivity contribution in [2.45, 2.75) is 26.2 Å². The van der Waals surface area contributed by atoms with E-state index in [9.17, 15) is 9.59 Å². The number of aryl methyl sites for hydroxylation is 1. The second-order valence-electron chi connectivity index (χ2n) is 5.98. The Kier molecular flexibility index (Phi) is 8.73. The molecule has 0 radical (unpaired) electrons. The number of nitrogens with zero attached hydrogens (tertiary/aromatic N) is 1. The van der Waals surface area contributed by atoms with E-state index in [4.69, 9.17) is 5.73 Å². The highest BCUT2D eigenvalue weighted by atomic mass is 79.9. The number of nitrogens with two attached hydrogens (primary N) is 1. The number of piperidine rings is 1. The van der Waals surface area contributed by atoms with Crippen LogP contribution in [0.2, 0.25) is 0 Å². The van der Waals surface area contributed by atoms with Crippen LogP contribution in [-0.2, 0) is 4.79 Å². The number of halogens is 2.